The molecule has 0 bridgehead atoms. The Balaban J connectivity index is 2.12. The van der Waals surface area contributed by atoms with E-state index in [1.807, 2.05) is 0 Å². The number of nitrogens with one attached hydrogen (secondary N) is 1. The average Bonchev–Trinajstić information content (AvgIpc) is 2.51. The zero-order valence-electron chi connectivity index (χ0n) is 9.57. The Bertz CT molecular complexity index is 278. The average molecular weight is 226 g/mol. The molecule has 0 spiro atoms. The van der Waals surface area contributed by atoms with E-state index in [1.165, 1.54) is 7.05 Å². The van der Waals surface area contributed by atoms with Gasteiger partial charge in [-0.1, -0.05) is 6.08 Å². The molecule has 1 rings (SSSR count). The number of hydrogen-bond donors (Lipinski definition) is 1. The van der Waals surface area contributed by atoms with Crippen molar-refractivity contribution in [1.29, 1.82) is 0 Å². The number of carbonyl (C=O) groups is 2. The van der Waals surface area contributed by atoms with Gasteiger partial charge in [-0.15, -0.1) is 6.58 Å². The number of amides is 2. The number of imide groups is 1. The Morgan fingerprint density at radius 1 is 1.56 bits per heavy atom. The molecule has 1 unspecified atom stereocenters. The van der Waals surface area contributed by atoms with Crippen molar-refractivity contribution in [3.05, 3.63) is 12.7 Å². The first-order valence-corrected chi connectivity index (χ1v) is 5.39. The smallest absolute Gasteiger partial charge is 0.246 e. The van der Waals surface area contributed by atoms with E-state index in [-0.39, 0.29) is 24.3 Å². The predicted molar refractivity (Wildman–Crippen MR) is 59.8 cm³/mol. The SMILES string of the molecule is C=CCCOCCNC1CC(=O)N(C)C1=O. The maximum Gasteiger partial charge on any atom is 0.246 e. The molecule has 5 nitrogen and oxygen atoms in total. The topological polar surface area (TPSA) is 58.6 Å². The second kappa shape index (κ2) is 6.40. The van der Waals surface area contributed by atoms with Crippen molar-refractivity contribution >= 4 is 11.8 Å². The summed E-state index contributed by atoms with van der Waals surface area (Å²) >= 11 is 0. The van der Waals surface area contributed by atoms with Crippen molar-refractivity contribution in [3.63, 3.8) is 0 Å². The number of likely N-dealkylation sites (N-methyl/N-ethyl adjacent to an activating group) is 1. The van der Waals surface area contributed by atoms with E-state index in [0.717, 1.165) is 11.3 Å². The Kier molecular flexibility index (Phi) is 5.14. The van der Waals surface area contributed by atoms with Crippen LogP contribution in [0, 0.1) is 0 Å². The van der Waals surface area contributed by atoms with Crippen molar-refractivity contribution in [1.82, 2.24) is 10.2 Å². The van der Waals surface area contributed by atoms with Gasteiger partial charge >= 0.3 is 0 Å². The second-order valence-electron chi connectivity index (χ2n) is 3.69. The fourth-order valence-corrected chi connectivity index (χ4v) is 1.49. The van der Waals surface area contributed by atoms with Crippen molar-refractivity contribution in [3.8, 4) is 0 Å². The summed E-state index contributed by atoms with van der Waals surface area (Å²) in [5.74, 6) is -0.286. The van der Waals surface area contributed by atoms with Crippen molar-refractivity contribution in [2.75, 3.05) is 26.8 Å². The van der Waals surface area contributed by atoms with E-state index in [0.29, 0.717) is 19.8 Å². The van der Waals surface area contributed by atoms with Crippen molar-refractivity contribution < 1.29 is 14.3 Å². The summed E-state index contributed by atoms with van der Waals surface area (Å²) in [4.78, 5) is 23.8. The van der Waals surface area contributed by atoms with E-state index in [2.05, 4.69) is 11.9 Å². The number of ether oxygens (including phenoxy) is 1. The van der Waals surface area contributed by atoms with Crippen LogP contribution in [0.3, 0.4) is 0 Å². The van der Waals surface area contributed by atoms with Gasteiger partial charge in [0.25, 0.3) is 0 Å². The van der Waals surface area contributed by atoms with E-state index < -0.39 is 0 Å². The van der Waals surface area contributed by atoms with Gasteiger partial charge in [-0.25, -0.2) is 0 Å². The Morgan fingerprint density at radius 3 is 2.88 bits per heavy atom. The maximum atomic E-state index is 11.5. The molecule has 1 atom stereocenters. The zero-order chi connectivity index (χ0) is 12.0. The molecular weight excluding hydrogens is 208 g/mol. The Labute approximate surface area is 95.4 Å². The number of rotatable bonds is 7. The molecule has 90 valence electrons. The van der Waals surface area contributed by atoms with Gasteiger partial charge in [0.2, 0.25) is 11.8 Å². The van der Waals surface area contributed by atoms with Crippen LogP contribution in [0.15, 0.2) is 12.7 Å². The first-order valence-electron chi connectivity index (χ1n) is 5.39. The van der Waals surface area contributed by atoms with Crippen LogP contribution >= 0.6 is 0 Å². The minimum absolute atomic E-state index is 0.130. The highest BCUT2D eigenvalue weighted by Gasteiger charge is 2.35. The third-order valence-electron chi connectivity index (χ3n) is 2.48. The van der Waals surface area contributed by atoms with Crippen LogP contribution in [-0.4, -0.2) is 49.6 Å². The maximum absolute atomic E-state index is 11.5. The first-order chi connectivity index (χ1) is 7.66. The third-order valence-corrected chi connectivity index (χ3v) is 2.48. The van der Waals surface area contributed by atoms with Gasteiger partial charge in [-0.3, -0.25) is 14.5 Å². The molecule has 1 aliphatic rings. The van der Waals surface area contributed by atoms with E-state index in [4.69, 9.17) is 4.74 Å². The molecule has 1 saturated heterocycles. The molecule has 16 heavy (non-hydrogen) atoms. The quantitative estimate of drug-likeness (QED) is 0.375. The molecule has 5 heteroatoms. The molecule has 0 aromatic heterocycles. The first kappa shape index (κ1) is 12.9. The molecule has 1 fully saturated rings. The summed E-state index contributed by atoms with van der Waals surface area (Å²) in [5, 5.41) is 3.01. The third kappa shape index (κ3) is 3.43. The van der Waals surface area contributed by atoms with Gasteiger partial charge in [0, 0.05) is 13.6 Å². The summed E-state index contributed by atoms with van der Waals surface area (Å²) in [6.07, 6.45) is 2.87. The molecule has 0 aromatic rings. The van der Waals surface area contributed by atoms with Gasteiger partial charge in [0.15, 0.2) is 0 Å². The van der Waals surface area contributed by atoms with Gasteiger partial charge in [0.05, 0.1) is 25.7 Å². The van der Waals surface area contributed by atoms with Gasteiger partial charge in [-0.05, 0) is 6.42 Å². The summed E-state index contributed by atoms with van der Waals surface area (Å²) < 4.78 is 5.28. The standard InChI is InChI=1S/C11H18N2O3/c1-3-4-6-16-7-5-12-9-8-10(14)13(2)11(9)15/h3,9,12H,1,4-8H2,2H3. The lowest BCUT2D eigenvalue weighted by atomic mass is 10.2. The minimum Gasteiger partial charge on any atom is -0.380 e. The van der Waals surface area contributed by atoms with Crippen LogP contribution in [-0.2, 0) is 14.3 Å². The Morgan fingerprint density at radius 2 is 2.31 bits per heavy atom. The molecule has 1 heterocycles. The molecule has 0 aromatic carbocycles. The number of likely N-dealkylation sites (tertiary alicyclic amines) is 1. The summed E-state index contributed by atoms with van der Waals surface area (Å²) in [5.41, 5.74) is 0. The van der Waals surface area contributed by atoms with Gasteiger partial charge in [-0.2, -0.15) is 0 Å². The summed E-state index contributed by atoms with van der Waals surface area (Å²) in [6, 6.07) is -0.375. The van der Waals surface area contributed by atoms with Crippen LogP contribution in [0.2, 0.25) is 0 Å². The summed E-state index contributed by atoms with van der Waals surface area (Å²) in [7, 11) is 1.51. The second-order valence-corrected chi connectivity index (χ2v) is 3.69. The lowest BCUT2D eigenvalue weighted by Crippen LogP contribution is -2.38. The lowest BCUT2D eigenvalue weighted by Gasteiger charge is -2.10. The van der Waals surface area contributed by atoms with Crippen LogP contribution in [0.5, 0.6) is 0 Å². The fraction of sp³-hybridized carbons (Fsp3) is 0.636. The fourth-order valence-electron chi connectivity index (χ4n) is 1.49. The lowest BCUT2D eigenvalue weighted by molar-refractivity contribution is -0.137. The highest BCUT2D eigenvalue weighted by Crippen LogP contribution is 2.09. The predicted octanol–water partition coefficient (Wildman–Crippen LogP) is -0.0740. The number of nitrogens with zero attached hydrogens (tertiary/aromatic N) is 1. The molecule has 0 aliphatic carbocycles. The largest absolute Gasteiger partial charge is 0.380 e. The molecule has 2 amide bonds. The van der Waals surface area contributed by atoms with E-state index in [9.17, 15) is 9.59 Å². The van der Waals surface area contributed by atoms with Crippen LogP contribution < -0.4 is 5.32 Å². The van der Waals surface area contributed by atoms with Gasteiger partial charge < -0.3 is 10.1 Å². The number of hydrogen-bond acceptors (Lipinski definition) is 4. The normalized spacial score (nSPS) is 20.6. The van der Waals surface area contributed by atoms with Crippen molar-refractivity contribution in [2.45, 2.75) is 18.9 Å². The monoisotopic (exact) mass is 226 g/mol. The van der Waals surface area contributed by atoms with Gasteiger partial charge in [0.1, 0.15) is 0 Å². The molecule has 0 saturated carbocycles. The molecule has 1 N–H and O–H groups in total. The van der Waals surface area contributed by atoms with Crippen LogP contribution in [0.25, 0.3) is 0 Å². The Hall–Kier alpha value is -1.20. The number of carbonyl (C=O) groups excluding carboxylic acids is 2. The highest BCUT2D eigenvalue weighted by atomic mass is 16.5. The zero-order valence-corrected chi connectivity index (χ0v) is 9.57. The minimum atomic E-state index is -0.375. The van der Waals surface area contributed by atoms with Crippen LogP contribution in [0.4, 0.5) is 0 Å². The van der Waals surface area contributed by atoms with E-state index >= 15 is 0 Å². The molecule has 0 radical (unpaired) electrons. The van der Waals surface area contributed by atoms with Crippen molar-refractivity contribution in [2.24, 2.45) is 0 Å². The molecular formula is C11H18N2O3. The summed E-state index contributed by atoms with van der Waals surface area (Å²) in [6.45, 7) is 5.34. The van der Waals surface area contributed by atoms with Crippen LogP contribution in [0.1, 0.15) is 12.8 Å². The molecule has 1 aliphatic heterocycles. The highest BCUT2D eigenvalue weighted by molar-refractivity contribution is 6.05. The van der Waals surface area contributed by atoms with E-state index in [1.54, 1.807) is 6.08 Å².